The molecule has 1 aromatic rings. The summed E-state index contributed by atoms with van der Waals surface area (Å²) in [6, 6.07) is 9.43. The molecule has 1 aromatic carbocycles. The zero-order chi connectivity index (χ0) is 13.6. The molecule has 2 nitrogen and oxygen atoms in total. The minimum atomic E-state index is -1.25. The first kappa shape index (κ1) is 13.4. The Balaban J connectivity index is 2.29. The van der Waals surface area contributed by atoms with Gasteiger partial charge in [0.15, 0.2) is 4.87 Å². The van der Waals surface area contributed by atoms with Crippen LogP contribution in [0.4, 0.5) is 0 Å². The second-order valence-electron chi connectivity index (χ2n) is 5.10. The van der Waals surface area contributed by atoms with Crippen LogP contribution >= 0.6 is 23.2 Å². The van der Waals surface area contributed by atoms with Gasteiger partial charge in [0, 0.05) is 16.4 Å². The highest BCUT2D eigenvalue weighted by Crippen LogP contribution is 2.67. The summed E-state index contributed by atoms with van der Waals surface area (Å²) in [6.07, 6.45) is 1.75. The van der Waals surface area contributed by atoms with Gasteiger partial charge in [0.1, 0.15) is 0 Å². The van der Waals surface area contributed by atoms with Gasteiger partial charge in [-0.05, 0) is 5.56 Å². The van der Waals surface area contributed by atoms with Gasteiger partial charge in [-0.15, -0.1) is 11.6 Å². The number of aliphatic carboxylic acids is 1. The van der Waals surface area contributed by atoms with E-state index in [1.54, 1.807) is 6.08 Å². The maximum absolute atomic E-state index is 11.2. The molecular weight excluding hydrogens is 271 g/mol. The molecule has 0 bridgehead atoms. The lowest BCUT2D eigenvalue weighted by Crippen LogP contribution is -2.21. The van der Waals surface area contributed by atoms with Gasteiger partial charge < -0.3 is 5.11 Å². The smallest absolute Gasteiger partial charge is 0.325 e. The van der Waals surface area contributed by atoms with E-state index in [2.05, 4.69) is 0 Å². The van der Waals surface area contributed by atoms with Crippen molar-refractivity contribution >= 4 is 34.2 Å². The Hall–Kier alpha value is -0.990. The van der Waals surface area contributed by atoms with Crippen molar-refractivity contribution < 1.29 is 9.90 Å². The first-order valence-electron chi connectivity index (χ1n) is 5.67. The van der Waals surface area contributed by atoms with Gasteiger partial charge in [-0.3, -0.25) is 4.79 Å². The van der Waals surface area contributed by atoms with Crippen molar-refractivity contribution in [3.05, 3.63) is 42.0 Å². The van der Waals surface area contributed by atoms with Gasteiger partial charge >= 0.3 is 5.97 Å². The van der Waals surface area contributed by atoms with E-state index < -0.39 is 16.3 Å². The van der Waals surface area contributed by atoms with Crippen molar-refractivity contribution in [1.29, 1.82) is 0 Å². The molecule has 0 aliphatic heterocycles. The molecular formula is C14H14Cl2O2. The molecule has 1 aliphatic carbocycles. The fraction of sp³-hybridized carbons (Fsp3) is 0.357. The minimum absolute atomic E-state index is 0.267. The van der Waals surface area contributed by atoms with Gasteiger partial charge in [-0.25, -0.2) is 0 Å². The second kappa shape index (κ2) is 4.29. The van der Waals surface area contributed by atoms with E-state index in [1.807, 2.05) is 44.2 Å². The predicted octanol–water partition coefficient (Wildman–Crippen LogP) is 3.98. The second-order valence-corrected chi connectivity index (χ2v) is 6.10. The highest BCUT2D eigenvalue weighted by Gasteiger charge is 2.74. The number of carboxylic acid groups (broad SMARTS) is 1. The molecule has 2 atom stereocenters. The lowest BCUT2D eigenvalue weighted by Gasteiger charge is -2.03. The fourth-order valence-electron chi connectivity index (χ4n) is 2.32. The Morgan fingerprint density at radius 3 is 2.33 bits per heavy atom. The first-order valence-corrected chi connectivity index (χ1v) is 6.42. The van der Waals surface area contributed by atoms with Crippen molar-refractivity contribution in [2.75, 3.05) is 0 Å². The molecule has 0 amide bonds. The number of hydrogen-bond acceptors (Lipinski definition) is 1. The van der Waals surface area contributed by atoms with E-state index in [-0.39, 0.29) is 5.92 Å². The lowest BCUT2D eigenvalue weighted by atomic mass is 10.1. The Kier molecular flexibility index (Phi) is 3.20. The number of carboxylic acids is 1. The third-order valence-corrected chi connectivity index (χ3v) is 4.96. The number of carbonyl (C=O) groups is 1. The number of benzene rings is 1. The third kappa shape index (κ3) is 1.84. The molecule has 1 fully saturated rings. The van der Waals surface area contributed by atoms with Crippen LogP contribution in [0.3, 0.4) is 0 Å². The molecule has 96 valence electrons. The van der Waals surface area contributed by atoms with Crippen LogP contribution in [0, 0.1) is 11.3 Å². The van der Waals surface area contributed by atoms with E-state index in [0.717, 1.165) is 5.56 Å². The van der Waals surface area contributed by atoms with E-state index in [9.17, 15) is 9.90 Å². The SMILES string of the molecule is CC1(C)C(C=C(Cl)c2ccccc2)C1(Cl)C(=O)O. The van der Waals surface area contributed by atoms with Crippen LogP contribution in [0.15, 0.2) is 36.4 Å². The van der Waals surface area contributed by atoms with Crippen LogP contribution in [-0.4, -0.2) is 16.0 Å². The van der Waals surface area contributed by atoms with E-state index >= 15 is 0 Å². The Labute approximate surface area is 116 Å². The Morgan fingerprint density at radius 2 is 1.89 bits per heavy atom. The molecule has 18 heavy (non-hydrogen) atoms. The Morgan fingerprint density at radius 1 is 1.33 bits per heavy atom. The van der Waals surface area contributed by atoms with Crippen molar-refractivity contribution in [2.24, 2.45) is 11.3 Å². The predicted molar refractivity (Wildman–Crippen MR) is 73.8 cm³/mol. The van der Waals surface area contributed by atoms with Gasteiger partial charge in [-0.2, -0.15) is 0 Å². The molecule has 0 heterocycles. The minimum Gasteiger partial charge on any atom is -0.480 e. The number of allylic oxidation sites excluding steroid dienone is 1. The van der Waals surface area contributed by atoms with E-state index in [4.69, 9.17) is 23.2 Å². The van der Waals surface area contributed by atoms with Gasteiger partial charge in [0.05, 0.1) is 0 Å². The monoisotopic (exact) mass is 284 g/mol. The van der Waals surface area contributed by atoms with Crippen LogP contribution in [0.1, 0.15) is 19.4 Å². The van der Waals surface area contributed by atoms with Crippen molar-refractivity contribution in [3.8, 4) is 0 Å². The average molecular weight is 285 g/mol. The van der Waals surface area contributed by atoms with Crippen LogP contribution < -0.4 is 0 Å². The summed E-state index contributed by atoms with van der Waals surface area (Å²) in [6.45, 7) is 3.68. The first-order chi connectivity index (χ1) is 8.31. The quantitative estimate of drug-likeness (QED) is 0.853. The van der Waals surface area contributed by atoms with E-state index in [1.165, 1.54) is 0 Å². The normalized spacial score (nSPS) is 30.0. The maximum atomic E-state index is 11.2. The summed E-state index contributed by atoms with van der Waals surface area (Å²) < 4.78 is 0. The summed E-state index contributed by atoms with van der Waals surface area (Å²) in [4.78, 5) is 9.97. The van der Waals surface area contributed by atoms with Gasteiger partial charge in [0.25, 0.3) is 0 Å². The maximum Gasteiger partial charge on any atom is 0.325 e. The molecule has 0 spiro atoms. The van der Waals surface area contributed by atoms with Crippen LogP contribution in [-0.2, 0) is 4.79 Å². The molecule has 1 N–H and O–H groups in total. The zero-order valence-electron chi connectivity index (χ0n) is 10.2. The summed E-state index contributed by atoms with van der Waals surface area (Å²) in [5, 5.41) is 9.74. The lowest BCUT2D eigenvalue weighted by molar-refractivity contribution is -0.138. The number of rotatable bonds is 3. The van der Waals surface area contributed by atoms with Gasteiger partial charge in [-0.1, -0.05) is 61.9 Å². The standard InChI is InChI=1S/C14H14Cl2O2/c1-13(2)11(14(13,16)12(17)18)8-10(15)9-6-4-3-5-7-9/h3-8,11H,1-2H3,(H,17,18). The van der Waals surface area contributed by atoms with Crippen molar-refractivity contribution in [3.63, 3.8) is 0 Å². The molecule has 0 radical (unpaired) electrons. The summed E-state index contributed by atoms with van der Waals surface area (Å²) >= 11 is 12.4. The molecule has 4 heteroatoms. The molecule has 1 aliphatic rings. The van der Waals surface area contributed by atoms with Crippen molar-refractivity contribution in [2.45, 2.75) is 18.7 Å². The zero-order valence-corrected chi connectivity index (χ0v) is 11.7. The van der Waals surface area contributed by atoms with Crippen LogP contribution in [0.2, 0.25) is 0 Å². The largest absolute Gasteiger partial charge is 0.480 e. The number of alkyl halides is 1. The molecule has 0 saturated heterocycles. The highest BCUT2D eigenvalue weighted by atomic mass is 35.5. The molecule has 2 unspecified atom stereocenters. The summed E-state index contributed by atoms with van der Waals surface area (Å²) in [5.41, 5.74) is 0.376. The molecule has 0 aromatic heterocycles. The van der Waals surface area contributed by atoms with Gasteiger partial charge in [0.2, 0.25) is 0 Å². The third-order valence-electron chi connectivity index (χ3n) is 3.73. The number of hydrogen-bond donors (Lipinski definition) is 1. The summed E-state index contributed by atoms with van der Waals surface area (Å²) in [7, 11) is 0. The summed E-state index contributed by atoms with van der Waals surface area (Å²) in [5.74, 6) is -1.26. The highest BCUT2D eigenvalue weighted by molar-refractivity contribution is 6.49. The number of halogens is 2. The molecule has 1 saturated carbocycles. The van der Waals surface area contributed by atoms with Crippen molar-refractivity contribution in [1.82, 2.24) is 0 Å². The Bertz CT molecular complexity index is 508. The van der Waals surface area contributed by atoms with E-state index in [0.29, 0.717) is 5.03 Å². The van der Waals surface area contributed by atoms with Crippen LogP contribution in [0.5, 0.6) is 0 Å². The average Bonchev–Trinajstić information content (AvgIpc) is 2.77. The molecule has 2 rings (SSSR count). The topological polar surface area (TPSA) is 37.3 Å². The fourth-order valence-corrected chi connectivity index (χ4v) is 2.97. The van der Waals surface area contributed by atoms with Crippen LogP contribution in [0.25, 0.3) is 5.03 Å².